The van der Waals surface area contributed by atoms with E-state index in [1.165, 1.54) is 10.4 Å². The minimum Gasteiger partial charge on any atom is -0.309 e. The van der Waals surface area contributed by atoms with Crippen LogP contribution in [0, 0.1) is 11.3 Å². The van der Waals surface area contributed by atoms with Gasteiger partial charge in [0.2, 0.25) is 0 Å². The number of fused-ring (bicyclic) bond motifs is 1. The second kappa shape index (κ2) is 4.11. The highest BCUT2D eigenvalue weighted by atomic mass is 35.5. The van der Waals surface area contributed by atoms with Gasteiger partial charge in [-0.15, -0.1) is 0 Å². The van der Waals surface area contributed by atoms with Gasteiger partial charge in [-0.25, -0.2) is 8.78 Å². The number of alkyl halides is 2. The molecular formula is C10H7ClF2N2S. The average molecular weight is 261 g/mol. The number of nitrogens with zero attached hydrogens (tertiary/aromatic N) is 2. The van der Waals surface area contributed by atoms with Crippen LogP contribution in [0.2, 0.25) is 5.02 Å². The Morgan fingerprint density at radius 1 is 1.56 bits per heavy atom. The molecule has 0 radical (unpaired) electrons. The number of halogens is 3. The number of nitriles is 1. The van der Waals surface area contributed by atoms with E-state index in [1.807, 2.05) is 6.07 Å². The van der Waals surface area contributed by atoms with Crippen LogP contribution in [-0.2, 0) is 6.42 Å². The maximum Gasteiger partial charge on any atom is 0.259 e. The number of hydrogen-bond donors (Lipinski definition) is 1. The fourth-order valence-corrected chi connectivity index (χ4v) is 2.43. The minimum absolute atomic E-state index is 0.116. The lowest BCUT2D eigenvalue weighted by molar-refractivity contribution is 0.122. The molecule has 0 saturated carbocycles. The van der Waals surface area contributed by atoms with Crippen molar-refractivity contribution in [3.8, 4) is 6.07 Å². The normalized spacial score (nSPS) is 18.8. The molecule has 0 saturated heterocycles. The number of hydrogen-bond acceptors (Lipinski definition) is 3. The Balaban J connectivity index is 2.48. The number of benzene rings is 1. The molecule has 0 spiro atoms. The van der Waals surface area contributed by atoms with Crippen molar-refractivity contribution in [2.24, 2.45) is 0 Å². The van der Waals surface area contributed by atoms with Crippen LogP contribution in [0.4, 0.5) is 14.5 Å². The molecule has 6 heteroatoms. The first-order valence-corrected chi connectivity index (χ1v) is 5.31. The fourth-order valence-electron chi connectivity index (χ4n) is 1.78. The summed E-state index contributed by atoms with van der Waals surface area (Å²) < 4.78 is 26.6. The predicted octanol–water partition coefficient (Wildman–Crippen LogP) is 3.05. The molecule has 16 heavy (non-hydrogen) atoms. The van der Waals surface area contributed by atoms with Crippen LogP contribution < -0.4 is 4.31 Å². The van der Waals surface area contributed by atoms with Gasteiger partial charge in [0.15, 0.2) is 0 Å². The van der Waals surface area contributed by atoms with Crippen molar-refractivity contribution in [2.45, 2.75) is 18.9 Å². The molecule has 1 aromatic rings. The fraction of sp³-hybridized carbons (Fsp3) is 0.300. The summed E-state index contributed by atoms with van der Waals surface area (Å²) >= 11 is 9.99. The first-order valence-electron chi connectivity index (χ1n) is 4.54. The van der Waals surface area contributed by atoms with Crippen molar-refractivity contribution in [2.75, 3.05) is 4.31 Å². The van der Waals surface area contributed by atoms with E-state index in [4.69, 9.17) is 16.9 Å². The molecule has 1 aromatic carbocycles. The van der Waals surface area contributed by atoms with E-state index >= 15 is 0 Å². The summed E-state index contributed by atoms with van der Waals surface area (Å²) in [5, 5.41) is 9.03. The first kappa shape index (κ1) is 11.5. The smallest absolute Gasteiger partial charge is 0.259 e. The third kappa shape index (κ3) is 1.62. The van der Waals surface area contributed by atoms with Gasteiger partial charge in [0.05, 0.1) is 16.3 Å². The van der Waals surface area contributed by atoms with Crippen LogP contribution in [0.5, 0.6) is 0 Å². The van der Waals surface area contributed by atoms with Gasteiger partial charge < -0.3 is 4.31 Å². The zero-order valence-corrected chi connectivity index (χ0v) is 9.64. The third-order valence-corrected chi connectivity index (χ3v) is 3.55. The molecule has 2 nitrogen and oxygen atoms in total. The molecule has 0 bridgehead atoms. The summed E-state index contributed by atoms with van der Waals surface area (Å²) in [5.74, 6) is 0. The van der Waals surface area contributed by atoms with Crippen LogP contribution in [0.25, 0.3) is 0 Å². The summed E-state index contributed by atoms with van der Waals surface area (Å²) in [4.78, 5) is 0. The van der Waals surface area contributed by atoms with Crippen LogP contribution in [-0.4, -0.2) is 12.5 Å². The monoisotopic (exact) mass is 260 g/mol. The van der Waals surface area contributed by atoms with Gasteiger partial charge in [-0.1, -0.05) is 24.4 Å². The quantitative estimate of drug-likeness (QED) is 0.786. The Hall–Kier alpha value is -0.990. The van der Waals surface area contributed by atoms with E-state index in [0.717, 1.165) is 0 Å². The molecule has 0 amide bonds. The molecular weight excluding hydrogens is 254 g/mol. The standard InChI is InChI=1S/C10H7ClF2N2S/c11-9-5(4-14)1-2-7-6(9)3-8(10(12)13)15(7)16/h1-2,8,10,16H,3H2. The predicted molar refractivity (Wildman–Crippen MR) is 61.1 cm³/mol. The Bertz CT molecular complexity index is 473. The lowest BCUT2D eigenvalue weighted by Gasteiger charge is -2.19. The van der Waals surface area contributed by atoms with E-state index < -0.39 is 12.5 Å². The van der Waals surface area contributed by atoms with Crippen molar-refractivity contribution < 1.29 is 8.78 Å². The molecule has 1 aliphatic heterocycles. The molecule has 1 atom stereocenters. The van der Waals surface area contributed by atoms with Gasteiger partial charge in [0, 0.05) is 6.42 Å². The highest BCUT2D eigenvalue weighted by Crippen LogP contribution is 2.40. The molecule has 0 aromatic heterocycles. The van der Waals surface area contributed by atoms with Gasteiger partial charge in [-0.2, -0.15) is 5.26 Å². The summed E-state index contributed by atoms with van der Waals surface area (Å²) in [7, 11) is 0. The van der Waals surface area contributed by atoms with Crippen LogP contribution in [0.15, 0.2) is 12.1 Å². The second-order valence-electron chi connectivity index (χ2n) is 3.49. The minimum atomic E-state index is -2.49. The van der Waals surface area contributed by atoms with Crippen LogP contribution >= 0.6 is 24.4 Å². The molecule has 84 valence electrons. The Morgan fingerprint density at radius 2 is 2.25 bits per heavy atom. The Labute approximate surface area is 102 Å². The Kier molecular flexibility index (Phi) is 2.96. The van der Waals surface area contributed by atoms with Crippen molar-refractivity contribution in [3.05, 3.63) is 28.3 Å². The van der Waals surface area contributed by atoms with Gasteiger partial charge in [0.25, 0.3) is 6.43 Å². The lowest BCUT2D eigenvalue weighted by atomic mass is 10.1. The summed E-state index contributed by atoms with van der Waals surface area (Å²) in [6, 6.07) is 4.04. The maximum atomic E-state index is 12.7. The number of anilines is 1. The van der Waals surface area contributed by atoms with E-state index in [1.54, 1.807) is 6.07 Å². The Morgan fingerprint density at radius 3 is 2.81 bits per heavy atom. The second-order valence-corrected chi connectivity index (χ2v) is 4.30. The van der Waals surface area contributed by atoms with Gasteiger partial charge in [-0.3, -0.25) is 0 Å². The van der Waals surface area contributed by atoms with Crippen LogP contribution in [0.3, 0.4) is 0 Å². The molecule has 0 aliphatic carbocycles. The topological polar surface area (TPSA) is 27.0 Å². The van der Waals surface area contributed by atoms with Crippen molar-refractivity contribution in [1.82, 2.24) is 0 Å². The maximum absolute atomic E-state index is 12.7. The highest BCUT2D eigenvalue weighted by Gasteiger charge is 2.35. The molecule has 1 aliphatic rings. The summed E-state index contributed by atoms with van der Waals surface area (Å²) in [6.07, 6.45) is -2.38. The number of rotatable bonds is 1. The van der Waals surface area contributed by atoms with Gasteiger partial charge in [0.1, 0.15) is 12.1 Å². The molecule has 1 heterocycles. The number of thiol groups is 1. The van der Waals surface area contributed by atoms with Crippen molar-refractivity contribution in [3.63, 3.8) is 0 Å². The van der Waals surface area contributed by atoms with E-state index in [0.29, 0.717) is 16.8 Å². The SMILES string of the molecule is N#Cc1ccc2c(c1Cl)CC(C(F)F)N2S. The van der Waals surface area contributed by atoms with E-state index in [9.17, 15) is 8.78 Å². The zero-order chi connectivity index (χ0) is 11.9. The highest BCUT2D eigenvalue weighted by molar-refractivity contribution is 7.81. The molecule has 0 N–H and O–H groups in total. The summed E-state index contributed by atoms with van der Waals surface area (Å²) in [6.45, 7) is 0. The molecule has 1 unspecified atom stereocenters. The average Bonchev–Trinajstić information content (AvgIpc) is 2.58. The molecule has 2 rings (SSSR count). The van der Waals surface area contributed by atoms with E-state index in [-0.39, 0.29) is 11.4 Å². The van der Waals surface area contributed by atoms with E-state index in [2.05, 4.69) is 12.8 Å². The van der Waals surface area contributed by atoms with Crippen molar-refractivity contribution in [1.29, 1.82) is 5.26 Å². The van der Waals surface area contributed by atoms with Gasteiger partial charge >= 0.3 is 0 Å². The van der Waals surface area contributed by atoms with Crippen molar-refractivity contribution >= 4 is 30.1 Å². The van der Waals surface area contributed by atoms with Crippen LogP contribution in [0.1, 0.15) is 11.1 Å². The lowest BCUT2D eigenvalue weighted by Crippen LogP contribution is -2.30. The summed E-state index contributed by atoms with van der Waals surface area (Å²) in [5.41, 5.74) is 1.43. The zero-order valence-electron chi connectivity index (χ0n) is 7.99. The molecule has 0 fully saturated rings. The third-order valence-electron chi connectivity index (χ3n) is 2.60. The van der Waals surface area contributed by atoms with Gasteiger partial charge in [-0.05, 0) is 17.7 Å². The first-order chi connectivity index (χ1) is 7.56. The largest absolute Gasteiger partial charge is 0.309 e.